The third-order valence-electron chi connectivity index (χ3n) is 5.08. The summed E-state index contributed by atoms with van der Waals surface area (Å²) >= 11 is 0. The van der Waals surface area contributed by atoms with Crippen LogP contribution in [0.1, 0.15) is 30.1 Å². The first-order valence-electron chi connectivity index (χ1n) is 9.31. The molecule has 0 aliphatic carbocycles. The molecule has 146 valence electrons. The first-order chi connectivity index (χ1) is 13.0. The molecule has 27 heavy (non-hydrogen) atoms. The van der Waals surface area contributed by atoms with E-state index in [0.717, 1.165) is 54.8 Å². The molecule has 7 nitrogen and oxygen atoms in total. The van der Waals surface area contributed by atoms with Gasteiger partial charge in [-0.25, -0.2) is 4.39 Å². The van der Waals surface area contributed by atoms with Gasteiger partial charge < -0.3 is 20.1 Å². The van der Waals surface area contributed by atoms with Gasteiger partial charge in [0.05, 0.1) is 6.54 Å². The van der Waals surface area contributed by atoms with Gasteiger partial charge in [-0.05, 0) is 50.5 Å². The van der Waals surface area contributed by atoms with Gasteiger partial charge in [-0.3, -0.25) is 4.99 Å². The van der Waals surface area contributed by atoms with Crippen molar-refractivity contribution in [2.75, 3.05) is 25.0 Å². The molecular formula is C19H28FN7. The summed E-state index contributed by atoms with van der Waals surface area (Å²) in [6.45, 7) is 6.28. The predicted molar refractivity (Wildman–Crippen MR) is 105 cm³/mol. The second-order valence-electron chi connectivity index (χ2n) is 7.01. The molecule has 0 radical (unpaired) electrons. The molecule has 1 aliphatic rings. The van der Waals surface area contributed by atoms with E-state index in [1.54, 1.807) is 13.1 Å². The number of hydrogen-bond acceptors (Lipinski definition) is 4. The van der Waals surface area contributed by atoms with Crippen LogP contribution in [-0.4, -0.2) is 46.9 Å². The van der Waals surface area contributed by atoms with Crippen LogP contribution in [0.15, 0.2) is 23.2 Å². The van der Waals surface area contributed by atoms with Gasteiger partial charge in [-0.2, -0.15) is 0 Å². The lowest BCUT2D eigenvalue weighted by molar-refractivity contribution is 0.467. The summed E-state index contributed by atoms with van der Waals surface area (Å²) in [4.78, 5) is 6.64. The van der Waals surface area contributed by atoms with E-state index in [2.05, 4.69) is 30.7 Å². The lowest BCUT2D eigenvalue weighted by Crippen LogP contribution is -2.51. The molecule has 1 aromatic heterocycles. The van der Waals surface area contributed by atoms with Gasteiger partial charge in [0.25, 0.3) is 0 Å². The third kappa shape index (κ3) is 4.56. The molecule has 1 aliphatic heterocycles. The number of guanidine groups is 1. The molecule has 1 atom stereocenters. The summed E-state index contributed by atoms with van der Waals surface area (Å²) < 4.78 is 15.4. The number of piperidine rings is 1. The first-order valence-corrected chi connectivity index (χ1v) is 9.31. The zero-order valence-electron chi connectivity index (χ0n) is 16.5. The minimum absolute atomic E-state index is 0.188. The Kier molecular flexibility index (Phi) is 5.93. The Morgan fingerprint density at radius 3 is 2.81 bits per heavy atom. The fraction of sp³-hybridized carbons (Fsp3) is 0.526. The van der Waals surface area contributed by atoms with E-state index in [9.17, 15) is 4.39 Å². The maximum Gasteiger partial charge on any atom is 0.191 e. The number of hydrogen-bond donors (Lipinski definition) is 2. The van der Waals surface area contributed by atoms with Crippen molar-refractivity contribution in [2.24, 2.45) is 12.0 Å². The molecule has 8 heteroatoms. The Labute approximate surface area is 159 Å². The van der Waals surface area contributed by atoms with Crippen molar-refractivity contribution in [3.63, 3.8) is 0 Å². The third-order valence-corrected chi connectivity index (χ3v) is 5.08. The van der Waals surface area contributed by atoms with Gasteiger partial charge in [-0.1, -0.05) is 0 Å². The van der Waals surface area contributed by atoms with Gasteiger partial charge in [0.15, 0.2) is 11.8 Å². The fourth-order valence-electron chi connectivity index (χ4n) is 3.44. The normalized spacial score (nSPS) is 17.9. The average molecular weight is 373 g/mol. The van der Waals surface area contributed by atoms with Crippen LogP contribution in [0, 0.1) is 19.7 Å². The maximum absolute atomic E-state index is 13.4. The van der Waals surface area contributed by atoms with Gasteiger partial charge in [0, 0.05) is 38.9 Å². The van der Waals surface area contributed by atoms with E-state index >= 15 is 0 Å². The number of aromatic nitrogens is 3. The number of aryl methyl sites for hydroxylation is 2. The molecule has 2 aromatic rings. The quantitative estimate of drug-likeness (QED) is 0.633. The second kappa shape index (κ2) is 8.37. The minimum Gasteiger partial charge on any atom is -0.369 e. The Balaban J connectivity index is 1.59. The number of nitrogens with zero attached hydrogens (tertiary/aromatic N) is 5. The number of rotatable bonds is 4. The average Bonchev–Trinajstić information content (AvgIpc) is 2.97. The first kappa shape index (κ1) is 19.1. The molecule has 1 saturated heterocycles. The zero-order chi connectivity index (χ0) is 19.4. The summed E-state index contributed by atoms with van der Waals surface area (Å²) in [6, 6.07) is 5.27. The van der Waals surface area contributed by atoms with Crippen LogP contribution in [0.5, 0.6) is 0 Å². The monoisotopic (exact) mass is 373 g/mol. The number of benzene rings is 1. The maximum atomic E-state index is 13.4. The SMILES string of the molecule is CN=C(NCc1nnc(C)n1C)NC1CCCN(c2ccc(F)cc2C)C1. The highest BCUT2D eigenvalue weighted by Crippen LogP contribution is 2.24. The van der Waals surface area contributed by atoms with E-state index in [-0.39, 0.29) is 11.9 Å². The second-order valence-corrected chi connectivity index (χ2v) is 7.01. The number of anilines is 1. The Bertz CT molecular complexity index is 814. The molecule has 0 bridgehead atoms. The van der Waals surface area contributed by atoms with Gasteiger partial charge in [0.1, 0.15) is 11.6 Å². The van der Waals surface area contributed by atoms with Crippen LogP contribution in [0.25, 0.3) is 0 Å². The van der Waals surface area contributed by atoms with Gasteiger partial charge >= 0.3 is 0 Å². The van der Waals surface area contributed by atoms with Crippen LogP contribution in [0.3, 0.4) is 0 Å². The van der Waals surface area contributed by atoms with Crippen molar-refractivity contribution < 1.29 is 4.39 Å². The summed E-state index contributed by atoms with van der Waals surface area (Å²) in [5, 5.41) is 15.0. The summed E-state index contributed by atoms with van der Waals surface area (Å²) in [5.74, 6) is 2.31. The smallest absolute Gasteiger partial charge is 0.191 e. The molecule has 1 fully saturated rings. The van der Waals surface area contributed by atoms with Crippen LogP contribution in [0.4, 0.5) is 10.1 Å². The van der Waals surface area contributed by atoms with E-state index in [1.807, 2.05) is 31.5 Å². The van der Waals surface area contributed by atoms with E-state index in [4.69, 9.17) is 0 Å². The van der Waals surface area contributed by atoms with Crippen molar-refractivity contribution >= 4 is 11.6 Å². The molecule has 1 aromatic carbocycles. The predicted octanol–water partition coefficient (Wildman–Crippen LogP) is 1.91. The number of halogens is 1. The van der Waals surface area contributed by atoms with E-state index in [0.29, 0.717) is 6.54 Å². The minimum atomic E-state index is -0.188. The van der Waals surface area contributed by atoms with Crippen molar-refractivity contribution in [3.8, 4) is 0 Å². The molecular weight excluding hydrogens is 345 g/mol. The number of aliphatic imine (C=N–C) groups is 1. The molecule has 2 N–H and O–H groups in total. The molecule has 1 unspecified atom stereocenters. The number of nitrogens with one attached hydrogen (secondary N) is 2. The summed E-state index contributed by atoms with van der Waals surface area (Å²) in [7, 11) is 3.72. The Morgan fingerprint density at radius 2 is 2.15 bits per heavy atom. The Morgan fingerprint density at radius 1 is 1.33 bits per heavy atom. The molecule has 0 amide bonds. The fourth-order valence-corrected chi connectivity index (χ4v) is 3.44. The van der Waals surface area contributed by atoms with Gasteiger partial charge in [-0.15, -0.1) is 10.2 Å². The van der Waals surface area contributed by atoms with E-state index in [1.165, 1.54) is 6.07 Å². The highest BCUT2D eigenvalue weighted by atomic mass is 19.1. The topological polar surface area (TPSA) is 70.4 Å². The Hall–Kier alpha value is -2.64. The summed E-state index contributed by atoms with van der Waals surface area (Å²) in [5.41, 5.74) is 2.07. The standard InChI is InChI=1S/C19H28FN7/c1-13-10-15(20)7-8-17(13)27-9-5-6-16(12-27)23-19(21-3)22-11-18-25-24-14(2)26(18)4/h7-8,10,16H,5-6,9,11-12H2,1-4H3,(H2,21,22,23). The molecule has 2 heterocycles. The van der Waals surface area contributed by atoms with Crippen LogP contribution < -0.4 is 15.5 Å². The largest absolute Gasteiger partial charge is 0.369 e. The van der Waals surface area contributed by atoms with E-state index < -0.39 is 0 Å². The zero-order valence-corrected chi connectivity index (χ0v) is 16.5. The molecule has 3 rings (SSSR count). The highest BCUT2D eigenvalue weighted by molar-refractivity contribution is 5.80. The molecule has 0 spiro atoms. The van der Waals surface area contributed by atoms with Crippen molar-refractivity contribution in [3.05, 3.63) is 41.2 Å². The van der Waals surface area contributed by atoms with Crippen molar-refractivity contribution in [1.82, 2.24) is 25.4 Å². The summed E-state index contributed by atoms with van der Waals surface area (Å²) in [6.07, 6.45) is 2.15. The highest BCUT2D eigenvalue weighted by Gasteiger charge is 2.22. The molecule has 0 saturated carbocycles. The van der Waals surface area contributed by atoms with Gasteiger partial charge in [0.2, 0.25) is 0 Å². The lowest BCUT2D eigenvalue weighted by atomic mass is 10.0. The lowest BCUT2D eigenvalue weighted by Gasteiger charge is -2.36. The van der Waals surface area contributed by atoms with Crippen molar-refractivity contribution in [1.29, 1.82) is 0 Å². The van der Waals surface area contributed by atoms with Crippen molar-refractivity contribution in [2.45, 2.75) is 39.3 Å². The van der Waals surface area contributed by atoms with Crippen LogP contribution in [-0.2, 0) is 13.6 Å². The van der Waals surface area contributed by atoms with Crippen LogP contribution in [0.2, 0.25) is 0 Å². The van der Waals surface area contributed by atoms with Crippen LogP contribution >= 0.6 is 0 Å².